The van der Waals surface area contributed by atoms with E-state index in [1.807, 2.05) is 24.3 Å². The van der Waals surface area contributed by atoms with Crippen LogP contribution in [-0.4, -0.2) is 6.61 Å². The second-order valence-electron chi connectivity index (χ2n) is 7.16. The van der Waals surface area contributed by atoms with Crippen molar-refractivity contribution in [3.63, 3.8) is 0 Å². The summed E-state index contributed by atoms with van der Waals surface area (Å²) in [4.78, 5) is 0. The average molecular weight is 374 g/mol. The zero-order valence-electron chi connectivity index (χ0n) is 15.8. The minimum Gasteiger partial charge on any atom is -0.491 e. The Kier molecular flexibility index (Phi) is 6.25. The van der Waals surface area contributed by atoms with E-state index in [-0.39, 0.29) is 23.7 Å². The molecule has 2 aromatic carbocycles. The number of halogens is 3. The number of hydrogen-bond donors (Lipinski definition) is 0. The lowest BCUT2D eigenvalue weighted by atomic mass is 9.78. The molecule has 0 heterocycles. The Morgan fingerprint density at radius 1 is 1.00 bits per heavy atom. The Morgan fingerprint density at radius 3 is 2.26 bits per heavy atom. The van der Waals surface area contributed by atoms with Gasteiger partial charge in [-0.15, -0.1) is 0 Å². The fraction of sp³-hybridized carbons (Fsp3) is 0.391. The molecule has 1 nitrogen and oxygen atoms in total. The molecule has 0 amide bonds. The van der Waals surface area contributed by atoms with Gasteiger partial charge >= 0.3 is 0 Å². The molecule has 0 atom stereocenters. The lowest BCUT2D eigenvalue weighted by Gasteiger charge is -2.27. The first-order valence-corrected chi connectivity index (χ1v) is 9.54. The maximum Gasteiger partial charge on any atom is 0.201 e. The van der Waals surface area contributed by atoms with Gasteiger partial charge in [-0.25, -0.2) is 8.78 Å². The molecule has 0 saturated heterocycles. The second kappa shape index (κ2) is 8.64. The van der Waals surface area contributed by atoms with Gasteiger partial charge in [0.1, 0.15) is 0 Å². The average Bonchev–Trinajstić information content (AvgIpc) is 2.66. The van der Waals surface area contributed by atoms with Crippen molar-refractivity contribution in [3.05, 3.63) is 65.5 Å². The van der Waals surface area contributed by atoms with E-state index < -0.39 is 11.6 Å². The van der Waals surface area contributed by atoms with Crippen LogP contribution in [0, 0.1) is 17.6 Å². The van der Waals surface area contributed by atoms with Gasteiger partial charge in [-0.2, -0.15) is 4.39 Å². The molecule has 4 heteroatoms. The summed E-state index contributed by atoms with van der Waals surface area (Å²) in [5.41, 5.74) is 2.07. The van der Waals surface area contributed by atoms with Crippen LogP contribution in [-0.2, 0) is 0 Å². The molecule has 144 valence electrons. The van der Waals surface area contributed by atoms with E-state index in [1.165, 1.54) is 18.6 Å². The summed E-state index contributed by atoms with van der Waals surface area (Å²) >= 11 is 0. The highest BCUT2D eigenvalue weighted by Gasteiger charge is 2.22. The zero-order valence-corrected chi connectivity index (χ0v) is 15.8. The van der Waals surface area contributed by atoms with Crippen LogP contribution < -0.4 is 4.74 Å². The van der Waals surface area contributed by atoms with Crippen LogP contribution >= 0.6 is 0 Å². The number of hydrogen-bond acceptors (Lipinski definition) is 1. The van der Waals surface area contributed by atoms with E-state index in [9.17, 15) is 13.2 Å². The molecule has 0 aromatic heterocycles. The number of allylic oxidation sites excluding steroid dienone is 2. The molecular weight excluding hydrogens is 349 g/mol. The molecule has 1 fully saturated rings. The summed E-state index contributed by atoms with van der Waals surface area (Å²) in [5.74, 6) is -1.25. The number of benzene rings is 2. The number of ether oxygens (including phenoxy) is 1. The third kappa shape index (κ3) is 4.55. The van der Waals surface area contributed by atoms with Gasteiger partial charge in [-0.05, 0) is 74.6 Å². The van der Waals surface area contributed by atoms with Crippen molar-refractivity contribution < 1.29 is 17.9 Å². The van der Waals surface area contributed by atoms with Crippen molar-refractivity contribution in [3.8, 4) is 16.9 Å². The van der Waals surface area contributed by atoms with E-state index in [0.29, 0.717) is 17.4 Å². The summed E-state index contributed by atoms with van der Waals surface area (Å²) < 4.78 is 46.6. The van der Waals surface area contributed by atoms with Gasteiger partial charge in [0.25, 0.3) is 0 Å². The first-order chi connectivity index (χ1) is 13.0. The van der Waals surface area contributed by atoms with E-state index >= 15 is 0 Å². The van der Waals surface area contributed by atoms with E-state index in [4.69, 9.17) is 4.74 Å². The third-order valence-electron chi connectivity index (χ3n) is 5.28. The molecule has 1 saturated carbocycles. The molecule has 1 aliphatic carbocycles. The summed E-state index contributed by atoms with van der Waals surface area (Å²) in [6.07, 6.45) is 5.71. The highest BCUT2D eigenvalue weighted by molar-refractivity contribution is 5.65. The normalized spacial score (nSPS) is 20.6. The molecule has 0 spiro atoms. The molecule has 2 aromatic rings. The third-order valence-corrected chi connectivity index (χ3v) is 5.28. The van der Waals surface area contributed by atoms with Gasteiger partial charge in [0, 0.05) is 5.56 Å². The van der Waals surface area contributed by atoms with Crippen LogP contribution in [0.15, 0.2) is 48.3 Å². The van der Waals surface area contributed by atoms with Crippen molar-refractivity contribution in [2.75, 3.05) is 6.61 Å². The topological polar surface area (TPSA) is 9.23 Å². The summed E-state index contributed by atoms with van der Waals surface area (Å²) in [6, 6.07) is 10.7. The van der Waals surface area contributed by atoms with E-state index in [2.05, 4.69) is 0 Å². The Balaban J connectivity index is 1.73. The minimum atomic E-state index is -0.951. The predicted molar refractivity (Wildman–Crippen MR) is 103 cm³/mol. The van der Waals surface area contributed by atoms with Gasteiger partial charge in [-0.3, -0.25) is 0 Å². The molecule has 0 N–H and O–H groups in total. The van der Waals surface area contributed by atoms with Crippen molar-refractivity contribution >= 4 is 0 Å². The predicted octanol–water partition coefficient (Wildman–Crippen LogP) is 7.18. The first-order valence-electron chi connectivity index (χ1n) is 9.54. The molecule has 1 aliphatic rings. The summed E-state index contributed by atoms with van der Waals surface area (Å²) in [6.45, 7) is 3.51. The zero-order chi connectivity index (χ0) is 19.4. The Labute approximate surface area is 158 Å². The minimum absolute atomic E-state index is 0.0651. The molecule has 0 unspecified atom stereocenters. The fourth-order valence-electron chi connectivity index (χ4n) is 3.90. The van der Waals surface area contributed by atoms with Crippen molar-refractivity contribution in [1.82, 2.24) is 0 Å². The van der Waals surface area contributed by atoms with Crippen molar-refractivity contribution in [2.45, 2.75) is 45.4 Å². The molecule has 0 aliphatic heterocycles. The first kappa shape index (κ1) is 19.5. The maximum absolute atomic E-state index is 14.4. The smallest absolute Gasteiger partial charge is 0.201 e. The Bertz CT molecular complexity index is 799. The van der Waals surface area contributed by atoms with Crippen LogP contribution in [0.5, 0.6) is 5.75 Å². The van der Waals surface area contributed by atoms with E-state index in [0.717, 1.165) is 25.7 Å². The Hall–Kier alpha value is -2.23. The molecule has 0 bridgehead atoms. The SMILES string of the molecule is CCOc1ccc(-c2ccc(C3CCC(/C=C(/C)F)CC3)cc2)c(F)c1F. The van der Waals surface area contributed by atoms with Gasteiger partial charge in [0.2, 0.25) is 5.82 Å². The van der Waals surface area contributed by atoms with Gasteiger partial charge < -0.3 is 4.74 Å². The lowest BCUT2D eigenvalue weighted by molar-refractivity contribution is 0.314. The van der Waals surface area contributed by atoms with Crippen molar-refractivity contribution in [2.24, 2.45) is 5.92 Å². The lowest BCUT2D eigenvalue weighted by Crippen LogP contribution is -2.11. The van der Waals surface area contributed by atoms with Crippen molar-refractivity contribution in [1.29, 1.82) is 0 Å². The molecular formula is C23H25F3O. The molecule has 27 heavy (non-hydrogen) atoms. The van der Waals surface area contributed by atoms with Crippen LogP contribution in [0.2, 0.25) is 0 Å². The fourth-order valence-corrected chi connectivity index (χ4v) is 3.90. The van der Waals surface area contributed by atoms with E-state index in [1.54, 1.807) is 19.1 Å². The van der Waals surface area contributed by atoms with Crippen LogP contribution in [0.3, 0.4) is 0 Å². The van der Waals surface area contributed by atoms with Gasteiger partial charge in [0.05, 0.1) is 12.4 Å². The van der Waals surface area contributed by atoms with Crippen LogP contribution in [0.4, 0.5) is 13.2 Å². The second-order valence-corrected chi connectivity index (χ2v) is 7.16. The monoisotopic (exact) mass is 374 g/mol. The van der Waals surface area contributed by atoms with Crippen LogP contribution in [0.25, 0.3) is 11.1 Å². The van der Waals surface area contributed by atoms with Gasteiger partial charge in [0.15, 0.2) is 11.6 Å². The Morgan fingerprint density at radius 2 is 1.67 bits per heavy atom. The largest absolute Gasteiger partial charge is 0.491 e. The summed E-state index contributed by atoms with van der Waals surface area (Å²) in [5, 5.41) is 0. The maximum atomic E-state index is 14.4. The molecule has 0 radical (unpaired) electrons. The number of rotatable bonds is 5. The highest BCUT2D eigenvalue weighted by atomic mass is 19.2. The quantitative estimate of drug-likeness (QED) is 0.539. The standard InChI is InChI=1S/C23H25F3O/c1-3-27-21-13-12-20(22(25)23(21)26)19-10-8-18(9-11-19)17-6-4-16(5-7-17)14-15(2)24/h8-14,16-17H,3-7H2,1-2H3/b15-14-. The highest BCUT2D eigenvalue weighted by Crippen LogP contribution is 2.38. The summed E-state index contributed by atoms with van der Waals surface area (Å²) in [7, 11) is 0. The molecule has 3 rings (SSSR count). The van der Waals surface area contributed by atoms with Crippen LogP contribution in [0.1, 0.15) is 51.0 Å². The van der Waals surface area contributed by atoms with Gasteiger partial charge in [-0.1, -0.05) is 30.3 Å².